The fourth-order valence-corrected chi connectivity index (χ4v) is 4.05. The Hall–Kier alpha value is -2.10. The number of halogens is 1. The lowest BCUT2D eigenvalue weighted by atomic mass is 9.86. The van der Waals surface area contributed by atoms with Gasteiger partial charge >= 0.3 is 0 Å². The second-order valence-corrected chi connectivity index (χ2v) is 7.86. The number of carbonyl (C=O) groups is 1. The van der Waals surface area contributed by atoms with Crippen LogP contribution in [0, 0.1) is 12.8 Å². The predicted molar refractivity (Wildman–Crippen MR) is 118 cm³/mol. The van der Waals surface area contributed by atoms with Crippen LogP contribution in [0.15, 0.2) is 54.1 Å². The number of aryl methyl sites for hydroxylation is 1. The molecule has 0 aromatic heterocycles. The van der Waals surface area contributed by atoms with Gasteiger partial charge in [0.05, 0.1) is 0 Å². The molecular weight excluding hydrogens is 370 g/mol. The van der Waals surface area contributed by atoms with E-state index < -0.39 is 0 Å². The Morgan fingerprint density at radius 3 is 2.57 bits per heavy atom. The lowest BCUT2D eigenvalue weighted by molar-refractivity contribution is 0.0915. The van der Waals surface area contributed by atoms with Gasteiger partial charge in [0.1, 0.15) is 5.75 Å². The third-order valence-electron chi connectivity index (χ3n) is 5.32. The number of allylic oxidation sites excluding steroid dienone is 1. The van der Waals surface area contributed by atoms with Gasteiger partial charge in [0.25, 0.3) is 0 Å². The molecule has 4 heteroatoms. The van der Waals surface area contributed by atoms with Crippen LogP contribution in [0.5, 0.6) is 5.75 Å². The molecule has 0 bridgehead atoms. The highest BCUT2D eigenvalue weighted by atomic mass is 35.5. The summed E-state index contributed by atoms with van der Waals surface area (Å²) >= 11 is 0. The van der Waals surface area contributed by atoms with Crippen LogP contribution >= 0.6 is 12.4 Å². The maximum absolute atomic E-state index is 13.2. The number of para-hydroxylation sites is 1. The molecule has 0 aliphatic heterocycles. The van der Waals surface area contributed by atoms with Gasteiger partial charge in [0, 0.05) is 23.6 Å². The van der Waals surface area contributed by atoms with Crippen molar-refractivity contribution in [2.24, 2.45) is 5.92 Å². The molecule has 1 N–H and O–H groups in total. The number of Topliss-reactive ketones (excluding diaryl/α,β-unsaturated/α-hetero) is 1. The van der Waals surface area contributed by atoms with Gasteiger partial charge in [0.15, 0.2) is 5.78 Å². The second kappa shape index (κ2) is 9.90. The maximum atomic E-state index is 13.2. The lowest BCUT2D eigenvalue weighted by Crippen LogP contribution is -2.17. The normalized spacial score (nSPS) is 17.2. The molecule has 0 fully saturated rings. The van der Waals surface area contributed by atoms with Crippen LogP contribution in [-0.4, -0.2) is 36.4 Å². The Balaban J connectivity index is 0.00000280. The van der Waals surface area contributed by atoms with Crippen LogP contribution in [0.1, 0.15) is 47.2 Å². The first-order valence-electron chi connectivity index (χ1n) is 9.70. The number of ketones is 1. The first kappa shape index (κ1) is 22.2. The third kappa shape index (κ3) is 5.24. The highest BCUT2D eigenvalue weighted by Gasteiger charge is 2.27. The number of likely N-dealkylation sites (N-methyl/N-ethyl adjacent to an activating group) is 1. The summed E-state index contributed by atoms with van der Waals surface area (Å²) in [4.78, 5) is 15.4. The molecule has 1 unspecified atom stereocenters. The minimum absolute atomic E-state index is 0. The van der Waals surface area contributed by atoms with Crippen LogP contribution in [0.4, 0.5) is 0 Å². The van der Waals surface area contributed by atoms with Gasteiger partial charge in [-0.1, -0.05) is 47.5 Å². The molecule has 0 saturated heterocycles. The van der Waals surface area contributed by atoms with E-state index in [1.165, 1.54) is 5.57 Å². The minimum atomic E-state index is -0.0407. The zero-order chi connectivity index (χ0) is 19.4. The summed E-state index contributed by atoms with van der Waals surface area (Å²) in [5.74, 6) is 0.478. The van der Waals surface area contributed by atoms with Crippen molar-refractivity contribution in [1.29, 1.82) is 0 Å². The van der Waals surface area contributed by atoms with E-state index in [1.54, 1.807) is 6.07 Å². The molecule has 0 radical (unpaired) electrons. The van der Waals surface area contributed by atoms with E-state index in [0.29, 0.717) is 12.2 Å². The lowest BCUT2D eigenvalue weighted by Gasteiger charge is -2.20. The van der Waals surface area contributed by atoms with E-state index in [0.717, 1.165) is 48.1 Å². The summed E-state index contributed by atoms with van der Waals surface area (Å²) in [6.07, 6.45) is 3.55. The first-order valence-corrected chi connectivity index (χ1v) is 9.70. The van der Waals surface area contributed by atoms with Gasteiger partial charge in [-0.25, -0.2) is 0 Å². The van der Waals surface area contributed by atoms with E-state index in [-0.39, 0.29) is 24.1 Å². The van der Waals surface area contributed by atoms with Crippen molar-refractivity contribution in [3.8, 4) is 5.75 Å². The Morgan fingerprint density at radius 2 is 1.89 bits per heavy atom. The average molecular weight is 400 g/mol. The molecule has 28 heavy (non-hydrogen) atoms. The van der Waals surface area contributed by atoms with Gasteiger partial charge in [-0.05, 0) is 64.4 Å². The molecule has 2 aromatic rings. The topological polar surface area (TPSA) is 40.5 Å². The number of benzene rings is 2. The molecule has 2 aromatic carbocycles. The monoisotopic (exact) mass is 399 g/mol. The molecule has 1 atom stereocenters. The summed E-state index contributed by atoms with van der Waals surface area (Å²) in [6, 6.07) is 15.4. The zero-order valence-corrected chi connectivity index (χ0v) is 17.8. The first-order chi connectivity index (χ1) is 13.0. The molecule has 0 saturated carbocycles. The summed E-state index contributed by atoms with van der Waals surface area (Å²) in [5.41, 5.74) is 5.26. The fraction of sp³-hybridized carbons (Fsp3) is 0.375. The van der Waals surface area contributed by atoms with Crippen LogP contribution in [-0.2, 0) is 0 Å². The smallest absolute Gasteiger partial charge is 0.166 e. The van der Waals surface area contributed by atoms with Crippen molar-refractivity contribution in [2.45, 2.75) is 32.6 Å². The van der Waals surface area contributed by atoms with E-state index in [9.17, 15) is 9.90 Å². The Labute approximate surface area is 174 Å². The third-order valence-corrected chi connectivity index (χ3v) is 5.32. The maximum Gasteiger partial charge on any atom is 0.166 e. The van der Waals surface area contributed by atoms with Crippen molar-refractivity contribution >= 4 is 23.8 Å². The van der Waals surface area contributed by atoms with Gasteiger partial charge in [-0.3, -0.25) is 4.79 Å². The Bertz CT molecular complexity index is 857. The van der Waals surface area contributed by atoms with E-state index in [1.807, 2.05) is 49.4 Å². The standard InChI is InChI=1S/C24H29NO2.ClH/c1-17-8-6-9-18(14-17)24(27)19-10-7-11-20(16-25(2)3)22(15-19)21-12-4-5-13-23(21)26;/h4-6,8-9,12-14,19,26H,7,10-11,15-16H2,1-3H3;1H. The van der Waals surface area contributed by atoms with Gasteiger partial charge in [-0.15, -0.1) is 12.4 Å². The van der Waals surface area contributed by atoms with Crippen LogP contribution in [0.3, 0.4) is 0 Å². The number of phenolic OH excluding ortho intramolecular Hbond substituents is 1. The second-order valence-electron chi connectivity index (χ2n) is 7.86. The number of nitrogens with zero attached hydrogens (tertiary/aromatic N) is 1. The van der Waals surface area contributed by atoms with Gasteiger partial charge < -0.3 is 10.0 Å². The summed E-state index contributed by atoms with van der Waals surface area (Å²) in [5, 5.41) is 10.5. The van der Waals surface area contributed by atoms with E-state index in [2.05, 4.69) is 19.0 Å². The molecule has 1 aliphatic rings. The van der Waals surface area contributed by atoms with Crippen molar-refractivity contribution in [1.82, 2.24) is 4.90 Å². The molecule has 3 nitrogen and oxygen atoms in total. The van der Waals surface area contributed by atoms with Crippen molar-refractivity contribution < 1.29 is 9.90 Å². The van der Waals surface area contributed by atoms with Crippen LogP contribution in [0.2, 0.25) is 0 Å². The largest absolute Gasteiger partial charge is 0.507 e. The number of aromatic hydroxyl groups is 1. The molecule has 150 valence electrons. The molecule has 1 aliphatic carbocycles. The van der Waals surface area contributed by atoms with Crippen LogP contribution in [0.25, 0.3) is 5.57 Å². The molecular formula is C24H30ClNO2. The quantitative estimate of drug-likeness (QED) is 0.674. The summed E-state index contributed by atoms with van der Waals surface area (Å²) in [6.45, 7) is 2.88. The molecule has 0 spiro atoms. The van der Waals surface area contributed by atoms with E-state index >= 15 is 0 Å². The number of carbonyl (C=O) groups excluding carboxylic acids is 1. The minimum Gasteiger partial charge on any atom is -0.507 e. The number of phenols is 1. The van der Waals surface area contributed by atoms with Crippen LogP contribution < -0.4 is 0 Å². The number of hydrogen-bond donors (Lipinski definition) is 1. The predicted octanol–water partition coefficient (Wildman–Crippen LogP) is 5.51. The molecule has 0 amide bonds. The van der Waals surface area contributed by atoms with Crippen molar-refractivity contribution in [2.75, 3.05) is 20.6 Å². The summed E-state index contributed by atoms with van der Waals surface area (Å²) < 4.78 is 0. The van der Waals surface area contributed by atoms with Gasteiger partial charge in [0.2, 0.25) is 0 Å². The highest BCUT2D eigenvalue weighted by molar-refractivity contribution is 5.99. The van der Waals surface area contributed by atoms with Gasteiger partial charge in [-0.2, -0.15) is 0 Å². The summed E-state index contributed by atoms with van der Waals surface area (Å²) in [7, 11) is 4.13. The van der Waals surface area contributed by atoms with E-state index in [4.69, 9.17) is 0 Å². The van der Waals surface area contributed by atoms with Crippen molar-refractivity contribution in [3.63, 3.8) is 0 Å². The highest BCUT2D eigenvalue weighted by Crippen LogP contribution is 2.39. The fourth-order valence-electron chi connectivity index (χ4n) is 4.05. The zero-order valence-electron chi connectivity index (χ0n) is 16.9. The molecule has 3 rings (SSSR count). The van der Waals surface area contributed by atoms with Crippen molar-refractivity contribution in [3.05, 3.63) is 70.8 Å². The Morgan fingerprint density at radius 1 is 1.14 bits per heavy atom. The number of rotatable bonds is 5. The Kier molecular flexibility index (Phi) is 7.85. The SMILES string of the molecule is Cc1cccc(C(=O)C2CCCC(CN(C)C)=C(c3ccccc3O)C2)c1.Cl. The average Bonchev–Trinajstić information content (AvgIpc) is 2.84. The molecule has 0 heterocycles. The number of hydrogen-bond acceptors (Lipinski definition) is 3.